The Bertz CT molecular complexity index is 589. The lowest BCUT2D eigenvalue weighted by atomic mass is 10.1. The Kier molecular flexibility index (Phi) is 2.91. The average molecular weight is 279 g/mol. The van der Waals surface area contributed by atoms with E-state index in [2.05, 4.69) is 27.2 Å². The van der Waals surface area contributed by atoms with Crippen LogP contribution in [-0.4, -0.2) is 21.4 Å². The van der Waals surface area contributed by atoms with Crippen LogP contribution in [-0.2, 0) is 11.8 Å². The van der Waals surface area contributed by atoms with Crippen molar-refractivity contribution in [3.63, 3.8) is 0 Å². The van der Waals surface area contributed by atoms with Crippen LogP contribution in [0.3, 0.4) is 0 Å². The number of carbonyl (C=O) groups excluding carboxylic acids is 1. The third kappa shape index (κ3) is 1.85. The maximum atomic E-state index is 11.8. The van der Waals surface area contributed by atoms with Crippen LogP contribution in [0.1, 0.15) is 22.1 Å². The van der Waals surface area contributed by atoms with Crippen molar-refractivity contribution in [3.05, 3.63) is 33.6 Å². The summed E-state index contributed by atoms with van der Waals surface area (Å²) >= 11 is 3.34. The molecule has 2 aromatic heterocycles. The first-order chi connectivity index (χ1) is 8.66. The van der Waals surface area contributed by atoms with Crippen molar-refractivity contribution < 1.29 is 4.79 Å². The molecule has 1 aliphatic rings. The van der Waals surface area contributed by atoms with Crippen LogP contribution < -0.4 is 5.32 Å². The van der Waals surface area contributed by atoms with Gasteiger partial charge in [-0.25, -0.2) is 0 Å². The monoisotopic (exact) mass is 279 g/mol. The van der Waals surface area contributed by atoms with Crippen LogP contribution in [0.2, 0.25) is 0 Å². The number of hydrogen-bond donors (Lipinski definition) is 1. The van der Waals surface area contributed by atoms with Gasteiger partial charge in [0.15, 0.2) is 0 Å². The van der Waals surface area contributed by atoms with Crippen molar-refractivity contribution in [1.82, 2.24) is 9.78 Å². The molecule has 3 heterocycles. The van der Waals surface area contributed by atoms with Gasteiger partial charge in [-0.2, -0.15) is 16.4 Å². The van der Waals surface area contributed by atoms with E-state index in [1.165, 1.54) is 5.56 Å². The Hall–Kier alpha value is -1.27. The van der Waals surface area contributed by atoms with Crippen LogP contribution in [0.15, 0.2) is 16.8 Å². The lowest BCUT2D eigenvalue weighted by Gasteiger charge is -2.12. The molecule has 1 N–H and O–H groups in total. The summed E-state index contributed by atoms with van der Waals surface area (Å²) in [5.41, 5.74) is 3.36. The lowest BCUT2D eigenvalue weighted by Crippen LogP contribution is -2.15. The summed E-state index contributed by atoms with van der Waals surface area (Å²) in [6.07, 6.45) is 0. The van der Waals surface area contributed by atoms with Gasteiger partial charge in [0.25, 0.3) is 0 Å². The van der Waals surface area contributed by atoms with Crippen molar-refractivity contribution in [1.29, 1.82) is 0 Å². The smallest absolute Gasteiger partial charge is 0.235 e. The van der Waals surface area contributed by atoms with Crippen molar-refractivity contribution >= 4 is 34.8 Å². The standard InChI is InChI=1S/C12H13N3OS2/c1-7-10-11(8-3-4-17-5-8)18-6-9(16)13-12(10)15(2)14-7/h3-5,11H,6H2,1-2H3,(H,13,16)/t11-/m1/s1. The van der Waals surface area contributed by atoms with Crippen LogP contribution in [0, 0.1) is 6.92 Å². The van der Waals surface area contributed by atoms with Crippen molar-refractivity contribution in [3.8, 4) is 0 Å². The van der Waals surface area contributed by atoms with Crippen LogP contribution in [0.25, 0.3) is 0 Å². The number of anilines is 1. The van der Waals surface area contributed by atoms with E-state index in [1.807, 2.05) is 14.0 Å². The first-order valence-corrected chi connectivity index (χ1v) is 7.63. The molecule has 0 aliphatic carbocycles. The van der Waals surface area contributed by atoms with Gasteiger partial charge in [-0.15, -0.1) is 11.8 Å². The molecule has 0 unspecified atom stereocenters. The van der Waals surface area contributed by atoms with E-state index in [0.717, 1.165) is 17.1 Å². The minimum atomic E-state index is 0.0435. The predicted octanol–water partition coefficient (Wildman–Crippen LogP) is 2.56. The highest BCUT2D eigenvalue weighted by Gasteiger charge is 2.29. The number of thiophene rings is 1. The highest BCUT2D eigenvalue weighted by Crippen LogP contribution is 2.43. The second-order valence-corrected chi connectivity index (χ2v) is 6.14. The Morgan fingerprint density at radius 1 is 1.56 bits per heavy atom. The number of nitrogens with one attached hydrogen (secondary N) is 1. The molecule has 0 saturated carbocycles. The summed E-state index contributed by atoms with van der Waals surface area (Å²) < 4.78 is 1.76. The number of carbonyl (C=O) groups is 1. The normalized spacial score (nSPS) is 19.2. The number of nitrogens with zero attached hydrogens (tertiary/aromatic N) is 2. The van der Waals surface area contributed by atoms with Gasteiger partial charge in [0, 0.05) is 12.6 Å². The Labute approximate surface area is 113 Å². The van der Waals surface area contributed by atoms with Gasteiger partial charge in [-0.3, -0.25) is 9.48 Å². The van der Waals surface area contributed by atoms with Crippen LogP contribution in [0.4, 0.5) is 5.82 Å². The van der Waals surface area contributed by atoms with E-state index in [4.69, 9.17) is 0 Å². The Morgan fingerprint density at radius 3 is 3.11 bits per heavy atom. The van der Waals surface area contributed by atoms with Gasteiger partial charge < -0.3 is 5.32 Å². The molecule has 0 fully saturated rings. The van der Waals surface area contributed by atoms with E-state index in [9.17, 15) is 4.79 Å². The van der Waals surface area contributed by atoms with Crippen LogP contribution >= 0.6 is 23.1 Å². The third-order valence-corrected chi connectivity index (χ3v) is 4.99. The van der Waals surface area contributed by atoms with E-state index < -0.39 is 0 Å². The first kappa shape index (κ1) is 11.8. The number of hydrogen-bond acceptors (Lipinski definition) is 4. The number of thioether (sulfide) groups is 1. The van der Waals surface area contributed by atoms with Crippen LogP contribution in [0.5, 0.6) is 0 Å². The maximum Gasteiger partial charge on any atom is 0.235 e. The number of rotatable bonds is 1. The zero-order valence-corrected chi connectivity index (χ0v) is 11.8. The molecule has 4 nitrogen and oxygen atoms in total. The molecule has 0 aromatic carbocycles. The quantitative estimate of drug-likeness (QED) is 0.872. The molecular formula is C12H13N3OS2. The zero-order valence-electron chi connectivity index (χ0n) is 10.1. The Morgan fingerprint density at radius 2 is 2.39 bits per heavy atom. The molecule has 1 atom stereocenters. The molecule has 0 bridgehead atoms. The van der Waals surface area contributed by atoms with Gasteiger partial charge in [0.05, 0.1) is 16.7 Å². The summed E-state index contributed by atoms with van der Waals surface area (Å²) in [5.74, 6) is 1.36. The Balaban J connectivity index is 2.15. The topological polar surface area (TPSA) is 46.9 Å². The summed E-state index contributed by atoms with van der Waals surface area (Å²) in [7, 11) is 1.87. The van der Waals surface area contributed by atoms with E-state index in [1.54, 1.807) is 27.8 Å². The van der Waals surface area contributed by atoms with E-state index >= 15 is 0 Å². The zero-order chi connectivity index (χ0) is 12.7. The van der Waals surface area contributed by atoms with Gasteiger partial charge in [-0.05, 0) is 29.3 Å². The number of amides is 1. The fourth-order valence-corrected chi connectivity index (χ4v) is 4.18. The average Bonchev–Trinajstić information content (AvgIpc) is 2.88. The fourth-order valence-electron chi connectivity index (χ4n) is 2.23. The van der Waals surface area contributed by atoms with Gasteiger partial charge in [0.1, 0.15) is 5.82 Å². The van der Waals surface area contributed by atoms with Crippen molar-refractivity contribution in [2.24, 2.45) is 7.05 Å². The SMILES string of the molecule is Cc1nn(C)c2c1[C@@H](c1ccsc1)SCC(=O)N2. The second kappa shape index (κ2) is 4.44. The molecular weight excluding hydrogens is 266 g/mol. The summed E-state index contributed by atoms with van der Waals surface area (Å²) in [6.45, 7) is 2.00. The molecule has 2 aromatic rings. The highest BCUT2D eigenvalue weighted by molar-refractivity contribution is 8.00. The van der Waals surface area contributed by atoms with Gasteiger partial charge in [0.2, 0.25) is 5.91 Å². The largest absolute Gasteiger partial charge is 0.310 e. The van der Waals surface area contributed by atoms with E-state index in [0.29, 0.717) is 5.75 Å². The molecule has 1 amide bonds. The maximum absolute atomic E-state index is 11.8. The van der Waals surface area contributed by atoms with Crippen molar-refractivity contribution in [2.45, 2.75) is 12.2 Å². The molecule has 94 valence electrons. The minimum Gasteiger partial charge on any atom is -0.310 e. The molecule has 6 heteroatoms. The first-order valence-electron chi connectivity index (χ1n) is 5.64. The molecule has 0 spiro atoms. The predicted molar refractivity (Wildman–Crippen MR) is 75.2 cm³/mol. The molecule has 18 heavy (non-hydrogen) atoms. The van der Waals surface area contributed by atoms with Gasteiger partial charge in [-0.1, -0.05) is 0 Å². The summed E-state index contributed by atoms with van der Waals surface area (Å²) in [5, 5.41) is 11.8. The summed E-state index contributed by atoms with van der Waals surface area (Å²) in [6, 6.07) is 2.12. The lowest BCUT2D eigenvalue weighted by molar-refractivity contribution is -0.113. The number of aryl methyl sites for hydroxylation is 2. The molecule has 3 rings (SSSR count). The third-order valence-electron chi connectivity index (χ3n) is 3.02. The number of aromatic nitrogens is 2. The van der Waals surface area contributed by atoms with Crippen molar-refractivity contribution in [2.75, 3.05) is 11.1 Å². The second-order valence-electron chi connectivity index (χ2n) is 4.27. The van der Waals surface area contributed by atoms with Gasteiger partial charge >= 0.3 is 0 Å². The highest BCUT2D eigenvalue weighted by atomic mass is 32.2. The minimum absolute atomic E-state index is 0.0435. The molecule has 0 saturated heterocycles. The number of fused-ring (bicyclic) bond motifs is 1. The molecule has 0 radical (unpaired) electrons. The summed E-state index contributed by atoms with van der Waals surface area (Å²) in [4.78, 5) is 11.8. The fraction of sp³-hybridized carbons (Fsp3) is 0.333. The molecule has 1 aliphatic heterocycles. The van der Waals surface area contributed by atoms with E-state index in [-0.39, 0.29) is 11.2 Å².